The minimum Gasteiger partial charge on any atom is -0.310 e. The lowest BCUT2D eigenvalue weighted by molar-refractivity contribution is 1.18. The van der Waals surface area contributed by atoms with E-state index in [1.807, 2.05) is 0 Å². The molecule has 3 heteroatoms. The Balaban J connectivity index is 1.42. The lowest BCUT2D eigenvalue weighted by atomic mass is 9.94. The quantitative estimate of drug-likeness (QED) is 0.217. The van der Waals surface area contributed by atoms with Crippen LogP contribution in [0.5, 0.6) is 0 Å². The van der Waals surface area contributed by atoms with Gasteiger partial charge in [-0.2, -0.15) is 0 Å². The summed E-state index contributed by atoms with van der Waals surface area (Å²) < 4.78 is 2.37. The van der Waals surface area contributed by atoms with Crippen LogP contribution in [0, 0.1) is 0 Å². The minimum absolute atomic E-state index is 1.13. The molecule has 6 aromatic carbocycles. The molecule has 0 spiro atoms. The van der Waals surface area contributed by atoms with Crippen LogP contribution in [0.1, 0.15) is 0 Å². The average Bonchev–Trinajstić information content (AvgIpc) is 3.32. The zero-order valence-corrected chi connectivity index (χ0v) is 21.8. The normalized spacial score (nSPS) is 11.2. The summed E-state index contributed by atoms with van der Waals surface area (Å²) in [4.78, 5) is 2.34. The van der Waals surface area contributed by atoms with Crippen LogP contribution in [-0.4, -0.2) is 12.4 Å². The number of hydrogen-bond acceptors (Lipinski definition) is 1. The number of aromatic nitrogens is 1. The van der Waals surface area contributed by atoms with E-state index in [0.29, 0.717) is 0 Å². The average molecular weight is 498 g/mol. The maximum absolute atomic E-state index is 2.37. The first-order chi connectivity index (χ1) is 19.3. The van der Waals surface area contributed by atoms with E-state index in [4.69, 9.17) is 0 Å². The van der Waals surface area contributed by atoms with E-state index in [1.54, 1.807) is 0 Å². The highest BCUT2D eigenvalue weighted by atomic mass is 15.1. The van der Waals surface area contributed by atoms with Gasteiger partial charge in [0.25, 0.3) is 0 Å². The Morgan fingerprint density at radius 3 is 1.64 bits per heavy atom. The summed E-state index contributed by atoms with van der Waals surface area (Å²) >= 11 is 0. The molecule has 0 unspecified atom stereocenters. The van der Waals surface area contributed by atoms with Crippen LogP contribution in [0.3, 0.4) is 0 Å². The Kier molecular flexibility index (Phi) is 5.75. The number of hydrogen-bond donors (Lipinski definition) is 0. The predicted octanol–water partition coefficient (Wildman–Crippen LogP) is 8.18. The molecule has 39 heavy (non-hydrogen) atoms. The van der Waals surface area contributed by atoms with Crippen molar-refractivity contribution in [1.82, 2.24) is 4.57 Å². The van der Waals surface area contributed by atoms with Crippen molar-refractivity contribution in [3.8, 4) is 16.8 Å². The molecule has 0 saturated heterocycles. The summed E-state index contributed by atoms with van der Waals surface area (Å²) in [7, 11) is 2.17. The molecule has 0 saturated carbocycles. The zero-order chi connectivity index (χ0) is 26.2. The van der Waals surface area contributed by atoms with Gasteiger partial charge in [0.15, 0.2) is 0 Å². The van der Waals surface area contributed by atoms with Gasteiger partial charge in [0.2, 0.25) is 0 Å². The van der Waals surface area contributed by atoms with E-state index in [9.17, 15) is 0 Å². The first-order valence-corrected chi connectivity index (χ1v) is 13.4. The second kappa shape index (κ2) is 9.70. The maximum atomic E-state index is 2.37. The van der Waals surface area contributed by atoms with Crippen molar-refractivity contribution in [2.45, 2.75) is 0 Å². The molecule has 2 nitrogen and oxygen atoms in total. The number of rotatable bonds is 5. The molecule has 0 aliphatic rings. The van der Waals surface area contributed by atoms with Gasteiger partial charge in [-0.25, -0.2) is 0 Å². The van der Waals surface area contributed by atoms with Gasteiger partial charge in [-0.05, 0) is 71.8 Å². The maximum Gasteiger partial charge on any atom is 0.139 e. The van der Waals surface area contributed by atoms with Crippen LogP contribution >= 0.6 is 0 Å². The molecule has 0 aliphatic carbocycles. The Bertz CT molecular complexity index is 1890. The van der Waals surface area contributed by atoms with Crippen molar-refractivity contribution in [3.05, 3.63) is 152 Å². The van der Waals surface area contributed by atoms with E-state index < -0.39 is 0 Å². The van der Waals surface area contributed by atoms with E-state index in [-0.39, 0.29) is 0 Å². The number of para-hydroxylation sites is 2. The first-order valence-electron chi connectivity index (χ1n) is 13.4. The molecule has 0 bridgehead atoms. The van der Waals surface area contributed by atoms with Crippen LogP contribution in [-0.2, 0) is 0 Å². The Hall–Kier alpha value is -5.02. The van der Waals surface area contributed by atoms with Gasteiger partial charge < -0.3 is 9.47 Å². The Morgan fingerprint density at radius 1 is 0.436 bits per heavy atom. The largest absolute Gasteiger partial charge is 0.310 e. The van der Waals surface area contributed by atoms with Crippen molar-refractivity contribution in [2.75, 3.05) is 4.90 Å². The fourth-order valence-electron chi connectivity index (χ4n) is 5.58. The van der Waals surface area contributed by atoms with Crippen molar-refractivity contribution in [1.29, 1.82) is 0 Å². The Morgan fingerprint density at radius 2 is 0.949 bits per heavy atom. The van der Waals surface area contributed by atoms with Crippen LogP contribution in [0.25, 0.3) is 38.6 Å². The summed E-state index contributed by atoms with van der Waals surface area (Å²) in [6.07, 6.45) is 0. The molecule has 0 N–H and O–H groups in total. The number of nitrogens with zero attached hydrogens (tertiary/aromatic N) is 2. The molecule has 184 valence electrons. The summed E-state index contributed by atoms with van der Waals surface area (Å²) in [6, 6.07) is 54.3. The van der Waals surface area contributed by atoms with Crippen LogP contribution in [0.2, 0.25) is 0 Å². The summed E-state index contributed by atoms with van der Waals surface area (Å²) in [5.41, 5.74) is 10.7. The number of benzene rings is 6. The molecule has 7 aromatic rings. The third-order valence-corrected chi connectivity index (χ3v) is 7.42. The second-order valence-corrected chi connectivity index (χ2v) is 9.98. The summed E-state index contributed by atoms with van der Waals surface area (Å²) in [6.45, 7) is 0. The number of anilines is 3. The van der Waals surface area contributed by atoms with Crippen LogP contribution < -0.4 is 10.4 Å². The van der Waals surface area contributed by atoms with Crippen molar-refractivity contribution < 1.29 is 0 Å². The standard InChI is InChI=1S/C36H27BN2/c37-28-18-22-35-33(24-28)34-25-32(21-23-36(34)39(35)30-14-8-3-9-15-30)38(29-12-6-2-7-13-29)31-19-16-27(17-20-31)26-10-4-1-5-11-26/h1-25H,37H2. The molecular formula is C36H27BN2. The molecule has 0 atom stereocenters. The van der Waals surface area contributed by atoms with E-state index in [2.05, 4.69) is 169 Å². The van der Waals surface area contributed by atoms with Gasteiger partial charge in [-0.3, -0.25) is 0 Å². The molecule has 7 rings (SSSR count). The lowest BCUT2D eigenvalue weighted by Gasteiger charge is -2.26. The molecular weight excluding hydrogens is 471 g/mol. The smallest absolute Gasteiger partial charge is 0.139 e. The fourth-order valence-corrected chi connectivity index (χ4v) is 5.58. The fraction of sp³-hybridized carbons (Fsp3) is 0. The highest BCUT2D eigenvalue weighted by Crippen LogP contribution is 2.39. The summed E-state index contributed by atoms with van der Waals surface area (Å²) in [5.74, 6) is 0. The van der Waals surface area contributed by atoms with Crippen LogP contribution in [0.4, 0.5) is 17.1 Å². The summed E-state index contributed by atoms with van der Waals surface area (Å²) in [5, 5.41) is 2.51. The van der Waals surface area contributed by atoms with Crippen molar-refractivity contribution >= 4 is 52.2 Å². The third-order valence-electron chi connectivity index (χ3n) is 7.42. The zero-order valence-electron chi connectivity index (χ0n) is 21.8. The molecule has 1 aromatic heterocycles. The molecule has 0 fully saturated rings. The highest BCUT2D eigenvalue weighted by molar-refractivity contribution is 6.34. The van der Waals surface area contributed by atoms with Gasteiger partial charge >= 0.3 is 0 Å². The third kappa shape index (κ3) is 4.19. The minimum atomic E-state index is 1.13. The molecule has 0 radical (unpaired) electrons. The van der Waals surface area contributed by atoms with Gasteiger partial charge in [0.1, 0.15) is 7.85 Å². The van der Waals surface area contributed by atoms with Gasteiger partial charge in [-0.15, -0.1) is 0 Å². The van der Waals surface area contributed by atoms with Gasteiger partial charge in [0, 0.05) is 33.5 Å². The van der Waals surface area contributed by atoms with E-state index >= 15 is 0 Å². The van der Waals surface area contributed by atoms with E-state index in [0.717, 1.165) is 17.1 Å². The number of fused-ring (bicyclic) bond motifs is 3. The van der Waals surface area contributed by atoms with Gasteiger partial charge in [-0.1, -0.05) is 96.5 Å². The molecule has 0 aliphatic heterocycles. The van der Waals surface area contributed by atoms with Crippen molar-refractivity contribution in [3.63, 3.8) is 0 Å². The van der Waals surface area contributed by atoms with Gasteiger partial charge in [0.05, 0.1) is 11.0 Å². The lowest BCUT2D eigenvalue weighted by Crippen LogP contribution is -2.09. The van der Waals surface area contributed by atoms with Crippen molar-refractivity contribution in [2.24, 2.45) is 0 Å². The van der Waals surface area contributed by atoms with Crippen LogP contribution in [0.15, 0.2) is 152 Å². The Labute approximate surface area is 229 Å². The first kappa shape index (κ1) is 23.1. The van der Waals surface area contributed by atoms with E-state index in [1.165, 1.54) is 44.1 Å². The molecule has 1 heterocycles. The molecule has 0 amide bonds. The monoisotopic (exact) mass is 498 g/mol. The second-order valence-electron chi connectivity index (χ2n) is 9.98. The predicted molar refractivity (Wildman–Crippen MR) is 169 cm³/mol. The topological polar surface area (TPSA) is 8.17 Å². The highest BCUT2D eigenvalue weighted by Gasteiger charge is 2.17. The SMILES string of the molecule is Bc1ccc2c(c1)c1cc(N(c3ccccc3)c3ccc(-c4ccccc4)cc3)ccc1n2-c1ccccc1.